The van der Waals surface area contributed by atoms with Crippen LogP contribution in [0.2, 0.25) is 0 Å². The Morgan fingerprint density at radius 2 is 2.04 bits per heavy atom. The van der Waals surface area contributed by atoms with E-state index in [-0.39, 0.29) is 18.0 Å². The monoisotopic (exact) mass is 328 g/mol. The molecule has 5 nitrogen and oxygen atoms in total. The molecule has 24 heavy (non-hydrogen) atoms. The predicted molar refractivity (Wildman–Crippen MR) is 94.8 cm³/mol. The molecular weight excluding hydrogens is 300 g/mol. The van der Waals surface area contributed by atoms with Gasteiger partial charge in [0.15, 0.2) is 0 Å². The molecule has 3 rings (SSSR count). The first kappa shape index (κ1) is 16.8. The van der Waals surface area contributed by atoms with Crippen LogP contribution in [0.4, 0.5) is 0 Å². The van der Waals surface area contributed by atoms with E-state index in [2.05, 4.69) is 39.2 Å². The summed E-state index contributed by atoms with van der Waals surface area (Å²) in [6, 6.07) is 6.58. The molecule has 5 heteroatoms. The van der Waals surface area contributed by atoms with E-state index in [4.69, 9.17) is 0 Å². The average Bonchev–Trinajstić information content (AvgIpc) is 3.18. The van der Waals surface area contributed by atoms with Gasteiger partial charge in [0, 0.05) is 37.1 Å². The van der Waals surface area contributed by atoms with Crippen LogP contribution in [0, 0.1) is 13.8 Å². The van der Waals surface area contributed by atoms with Crippen molar-refractivity contribution in [1.29, 1.82) is 0 Å². The Bertz CT molecular complexity index is 674. The lowest BCUT2D eigenvalue weighted by atomic mass is 10.0. The summed E-state index contributed by atoms with van der Waals surface area (Å²) in [5.41, 5.74) is 2.22. The van der Waals surface area contributed by atoms with Gasteiger partial charge in [-0.1, -0.05) is 0 Å². The molecule has 1 amide bonds. The van der Waals surface area contributed by atoms with Gasteiger partial charge in [0.05, 0.1) is 18.3 Å². The summed E-state index contributed by atoms with van der Waals surface area (Å²) in [7, 11) is 0. The lowest BCUT2D eigenvalue weighted by molar-refractivity contribution is -0.136. The fourth-order valence-electron chi connectivity index (χ4n) is 3.70. The van der Waals surface area contributed by atoms with Crippen LogP contribution >= 0.6 is 0 Å². The summed E-state index contributed by atoms with van der Waals surface area (Å²) in [6.07, 6.45) is 7.99. The zero-order valence-corrected chi connectivity index (χ0v) is 15.0. The molecule has 0 radical (unpaired) electrons. The summed E-state index contributed by atoms with van der Waals surface area (Å²) in [5, 5.41) is 4.57. The maximum atomic E-state index is 12.9. The van der Waals surface area contributed by atoms with Gasteiger partial charge < -0.3 is 9.47 Å². The van der Waals surface area contributed by atoms with Gasteiger partial charge in [0.2, 0.25) is 5.91 Å². The van der Waals surface area contributed by atoms with E-state index in [1.54, 1.807) is 0 Å². The molecule has 1 fully saturated rings. The van der Waals surface area contributed by atoms with Crippen molar-refractivity contribution in [2.45, 2.75) is 65.1 Å². The molecular formula is C19H28N4O. The van der Waals surface area contributed by atoms with Crippen molar-refractivity contribution in [3.8, 4) is 0 Å². The molecule has 0 spiro atoms. The Hall–Kier alpha value is -2.04. The van der Waals surface area contributed by atoms with E-state index < -0.39 is 0 Å². The Balaban J connectivity index is 1.67. The van der Waals surface area contributed by atoms with E-state index in [0.29, 0.717) is 6.42 Å². The van der Waals surface area contributed by atoms with Crippen LogP contribution in [0.1, 0.15) is 50.0 Å². The minimum absolute atomic E-state index is 0.198. The Morgan fingerprint density at radius 1 is 1.29 bits per heavy atom. The zero-order valence-electron chi connectivity index (χ0n) is 15.0. The fourth-order valence-corrected chi connectivity index (χ4v) is 3.70. The summed E-state index contributed by atoms with van der Waals surface area (Å²) in [4.78, 5) is 15.0. The number of amides is 1. The van der Waals surface area contributed by atoms with E-state index in [1.807, 2.05) is 31.5 Å². The predicted octanol–water partition coefficient (Wildman–Crippen LogP) is 3.33. The van der Waals surface area contributed by atoms with Crippen LogP contribution in [0.5, 0.6) is 0 Å². The number of nitrogens with zero attached hydrogens (tertiary/aromatic N) is 4. The van der Waals surface area contributed by atoms with Crippen molar-refractivity contribution in [1.82, 2.24) is 19.2 Å². The molecule has 3 heterocycles. The number of aromatic nitrogens is 3. The van der Waals surface area contributed by atoms with E-state index >= 15 is 0 Å². The normalized spacial score (nSPS) is 19.5. The molecule has 1 saturated heterocycles. The Morgan fingerprint density at radius 3 is 2.71 bits per heavy atom. The number of hydrogen-bond donors (Lipinski definition) is 0. The third-order valence-corrected chi connectivity index (χ3v) is 5.04. The Kier molecular flexibility index (Phi) is 5.07. The molecule has 0 N–H and O–H groups in total. The quantitative estimate of drug-likeness (QED) is 0.845. The average molecular weight is 328 g/mol. The van der Waals surface area contributed by atoms with E-state index in [9.17, 15) is 4.79 Å². The molecule has 0 unspecified atom stereocenters. The molecule has 1 aliphatic rings. The second kappa shape index (κ2) is 7.24. The number of piperidine rings is 1. The highest BCUT2D eigenvalue weighted by atomic mass is 16.2. The number of carbonyl (C=O) groups excluding carboxylic acids is 1. The van der Waals surface area contributed by atoms with Gasteiger partial charge in [-0.15, -0.1) is 0 Å². The minimum Gasteiger partial charge on any atom is -0.351 e. The number of carbonyl (C=O) groups is 1. The number of likely N-dealkylation sites (tertiary alicyclic amines) is 1. The topological polar surface area (TPSA) is 43.1 Å². The molecule has 2 aromatic heterocycles. The van der Waals surface area contributed by atoms with Crippen molar-refractivity contribution >= 4 is 5.91 Å². The van der Waals surface area contributed by atoms with Crippen LogP contribution in [0.15, 0.2) is 30.6 Å². The summed E-state index contributed by atoms with van der Waals surface area (Å²) < 4.78 is 4.17. The molecule has 2 atom stereocenters. The molecule has 0 bridgehead atoms. The third-order valence-electron chi connectivity index (χ3n) is 5.04. The van der Waals surface area contributed by atoms with Crippen LogP contribution in [0.3, 0.4) is 0 Å². The maximum Gasteiger partial charge on any atom is 0.224 e. The molecule has 2 aromatic rings. The van der Waals surface area contributed by atoms with Crippen LogP contribution in [0.25, 0.3) is 0 Å². The molecule has 1 aliphatic heterocycles. The first-order valence-electron chi connectivity index (χ1n) is 8.97. The van der Waals surface area contributed by atoms with Gasteiger partial charge >= 0.3 is 0 Å². The first-order valence-corrected chi connectivity index (χ1v) is 8.97. The lowest BCUT2D eigenvalue weighted by Crippen LogP contribution is -2.46. The second-order valence-electron chi connectivity index (χ2n) is 7.03. The van der Waals surface area contributed by atoms with Crippen LogP contribution in [-0.2, 0) is 11.3 Å². The minimum atomic E-state index is 0.198. The highest BCUT2D eigenvalue weighted by Crippen LogP contribution is 2.22. The van der Waals surface area contributed by atoms with Crippen LogP contribution < -0.4 is 0 Å². The summed E-state index contributed by atoms with van der Waals surface area (Å²) in [6.45, 7) is 7.90. The molecule has 0 saturated carbocycles. The van der Waals surface area contributed by atoms with Crippen molar-refractivity contribution in [3.63, 3.8) is 0 Å². The maximum absolute atomic E-state index is 12.9. The van der Waals surface area contributed by atoms with Crippen molar-refractivity contribution < 1.29 is 4.79 Å². The molecule has 0 aliphatic carbocycles. The highest BCUT2D eigenvalue weighted by Gasteiger charge is 2.28. The number of rotatable bonds is 5. The zero-order chi connectivity index (χ0) is 17.1. The van der Waals surface area contributed by atoms with Crippen molar-refractivity contribution in [2.24, 2.45) is 0 Å². The number of aryl methyl sites for hydroxylation is 2. The molecule has 0 aromatic carbocycles. The van der Waals surface area contributed by atoms with Gasteiger partial charge in [-0.3, -0.25) is 9.48 Å². The molecule has 130 valence electrons. The summed E-state index contributed by atoms with van der Waals surface area (Å²) >= 11 is 0. The van der Waals surface area contributed by atoms with Crippen molar-refractivity contribution in [3.05, 3.63) is 42.0 Å². The van der Waals surface area contributed by atoms with Crippen molar-refractivity contribution in [2.75, 3.05) is 6.54 Å². The summed E-state index contributed by atoms with van der Waals surface area (Å²) in [5.74, 6) is 0.266. The lowest BCUT2D eigenvalue weighted by Gasteiger charge is -2.36. The smallest absolute Gasteiger partial charge is 0.224 e. The highest BCUT2D eigenvalue weighted by molar-refractivity contribution is 5.77. The SMILES string of the molecule is Cc1cc(C)n(C[C@@H]2CCCCN2C(=O)C[C@H](C)n2cccc2)n1. The second-order valence-corrected chi connectivity index (χ2v) is 7.03. The Labute approximate surface area is 144 Å². The third kappa shape index (κ3) is 3.71. The van der Waals surface area contributed by atoms with Gasteiger partial charge in [0.1, 0.15) is 0 Å². The fraction of sp³-hybridized carbons (Fsp3) is 0.579. The van der Waals surface area contributed by atoms with Crippen LogP contribution in [-0.4, -0.2) is 37.7 Å². The standard InChI is InChI=1S/C19H28N4O/c1-15-12-17(3)23(20-15)14-18-8-4-5-11-22(18)19(24)13-16(2)21-9-6-7-10-21/h6-7,9-10,12,16,18H,4-5,8,11,13-14H2,1-3H3/t16-,18-/m0/s1. The van der Waals surface area contributed by atoms with Gasteiger partial charge in [-0.2, -0.15) is 5.10 Å². The van der Waals surface area contributed by atoms with Gasteiger partial charge in [-0.25, -0.2) is 0 Å². The van der Waals surface area contributed by atoms with E-state index in [0.717, 1.165) is 31.6 Å². The van der Waals surface area contributed by atoms with Gasteiger partial charge in [-0.05, 0) is 58.2 Å². The number of hydrogen-bond acceptors (Lipinski definition) is 2. The largest absolute Gasteiger partial charge is 0.351 e. The van der Waals surface area contributed by atoms with E-state index in [1.165, 1.54) is 12.1 Å². The van der Waals surface area contributed by atoms with Gasteiger partial charge in [0.25, 0.3) is 0 Å². The first-order chi connectivity index (χ1) is 11.5.